The molecule has 0 fully saturated rings. The van der Waals surface area contributed by atoms with Gasteiger partial charge in [0.25, 0.3) is 0 Å². The van der Waals surface area contributed by atoms with Crippen molar-refractivity contribution >= 4 is 5.97 Å². The molecule has 0 amide bonds. The summed E-state index contributed by atoms with van der Waals surface area (Å²) >= 11 is 0. The van der Waals surface area contributed by atoms with Crippen molar-refractivity contribution in [2.45, 2.75) is 38.3 Å². The Hall–Kier alpha value is -1.39. The summed E-state index contributed by atoms with van der Waals surface area (Å²) < 4.78 is 0. The molecule has 1 rings (SSSR count). The van der Waals surface area contributed by atoms with Crippen molar-refractivity contribution in [1.82, 2.24) is 5.32 Å². The van der Waals surface area contributed by atoms with Crippen LogP contribution in [0, 0.1) is 0 Å². The maximum atomic E-state index is 10.6. The molecule has 100 valence electrons. The SMILES string of the molecule is CC(C)(CCc1ccccc1)NCC(N)C(=O)O. The fraction of sp³-hybridized carbons (Fsp3) is 0.500. The third-order valence-electron chi connectivity index (χ3n) is 3.00. The van der Waals surface area contributed by atoms with Gasteiger partial charge in [-0.15, -0.1) is 0 Å². The van der Waals surface area contributed by atoms with Crippen LogP contribution in [0.15, 0.2) is 30.3 Å². The minimum Gasteiger partial charge on any atom is -0.480 e. The van der Waals surface area contributed by atoms with E-state index in [9.17, 15) is 4.79 Å². The molecule has 4 N–H and O–H groups in total. The van der Waals surface area contributed by atoms with Crippen molar-refractivity contribution in [3.8, 4) is 0 Å². The van der Waals surface area contributed by atoms with E-state index in [2.05, 4.69) is 31.3 Å². The van der Waals surface area contributed by atoms with Crippen molar-refractivity contribution in [3.63, 3.8) is 0 Å². The van der Waals surface area contributed by atoms with E-state index >= 15 is 0 Å². The van der Waals surface area contributed by atoms with E-state index in [1.54, 1.807) is 0 Å². The summed E-state index contributed by atoms with van der Waals surface area (Å²) in [7, 11) is 0. The van der Waals surface area contributed by atoms with Gasteiger partial charge in [0.1, 0.15) is 6.04 Å². The smallest absolute Gasteiger partial charge is 0.321 e. The maximum Gasteiger partial charge on any atom is 0.321 e. The Morgan fingerprint density at radius 1 is 1.39 bits per heavy atom. The number of carboxylic acid groups (broad SMARTS) is 1. The quantitative estimate of drug-likeness (QED) is 0.683. The first-order valence-corrected chi connectivity index (χ1v) is 6.18. The molecule has 0 spiro atoms. The van der Waals surface area contributed by atoms with Crippen molar-refractivity contribution in [2.75, 3.05) is 6.54 Å². The van der Waals surface area contributed by atoms with Gasteiger partial charge in [-0.05, 0) is 32.3 Å². The summed E-state index contributed by atoms with van der Waals surface area (Å²) in [5.74, 6) is -0.971. The lowest BCUT2D eigenvalue weighted by atomic mass is 9.95. The second-order valence-corrected chi connectivity index (χ2v) is 5.20. The van der Waals surface area contributed by atoms with Gasteiger partial charge in [-0.2, -0.15) is 0 Å². The van der Waals surface area contributed by atoms with Crippen LogP contribution in [0.1, 0.15) is 25.8 Å². The van der Waals surface area contributed by atoms with Gasteiger partial charge >= 0.3 is 5.97 Å². The lowest BCUT2D eigenvalue weighted by molar-refractivity contribution is -0.138. The zero-order valence-corrected chi connectivity index (χ0v) is 11.0. The van der Waals surface area contributed by atoms with Crippen LogP contribution in [0.4, 0.5) is 0 Å². The van der Waals surface area contributed by atoms with Gasteiger partial charge in [0.15, 0.2) is 0 Å². The number of benzene rings is 1. The van der Waals surface area contributed by atoms with Crippen LogP contribution < -0.4 is 11.1 Å². The minimum atomic E-state index is -0.971. The van der Waals surface area contributed by atoms with Crippen LogP contribution in [-0.2, 0) is 11.2 Å². The van der Waals surface area contributed by atoms with E-state index in [0.717, 1.165) is 12.8 Å². The molecule has 0 radical (unpaired) electrons. The normalized spacial score (nSPS) is 13.3. The highest BCUT2D eigenvalue weighted by Gasteiger charge is 2.20. The number of hydrogen-bond acceptors (Lipinski definition) is 3. The second kappa shape index (κ2) is 6.52. The van der Waals surface area contributed by atoms with Gasteiger partial charge in [0.05, 0.1) is 0 Å². The highest BCUT2D eigenvalue weighted by molar-refractivity contribution is 5.73. The number of nitrogens with one attached hydrogen (secondary N) is 1. The van der Waals surface area contributed by atoms with Crippen LogP contribution in [0.2, 0.25) is 0 Å². The van der Waals surface area contributed by atoms with Crippen molar-refractivity contribution in [3.05, 3.63) is 35.9 Å². The molecule has 1 unspecified atom stereocenters. The summed E-state index contributed by atoms with van der Waals surface area (Å²) in [4.78, 5) is 10.6. The summed E-state index contributed by atoms with van der Waals surface area (Å²) in [6.45, 7) is 4.41. The van der Waals surface area contributed by atoms with E-state index < -0.39 is 12.0 Å². The molecule has 0 bridgehead atoms. The Labute approximate surface area is 108 Å². The van der Waals surface area contributed by atoms with E-state index in [1.165, 1.54) is 5.56 Å². The van der Waals surface area contributed by atoms with Crippen LogP contribution in [0.3, 0.4) is 0 Å². The summed E-state index contributed by atoms with van der Waals surface area (Å²) in [5.41, 5.74) is 6.63. The van der Waals surface area contributed by atoms with Crippen LogP contribution in [0.25, 0.3) is 0 Å². The van der Waals surface area contributed by atoms with E-state index in [4.69, 9.17) is 10.8 Å². The third kappa shape index (κ3) is 5.29. The monoisotopic (exact) mass is 250 g/mol. The summed E-state index contributed by atoms with van der Waals surface area (Å²) in [6, 6.07) is 9.39. The van der Waals surface area contributed by atoms with Crippen molar-refractivity contribution < 1.29 is 9.90 Å². The standard InChI is InChI=1S/C14H22N2O2/c1-14(2,16-10-12(15)13(17)18)9-8-11-6-4-3-5-7-11/h3-7,12,16H,8-10,15H2,1-2H3,(H,17,18). The first-order chi connectivity index (χ1) is 8.41. The minimum absolute atomic E-state index is 0.122. The Balaban J connectivity index is 2.38. The highest BCUT2D eigenvalue weighted by Crippen LogP contribution is 2.13. The molecule has 0 aliphatic heterocycles. The molecule has 4 heteroatoms. The van der Waals surface area contributed by atoms with Gasteiger partial charge in [-0.3, -0.25) is 4.79 Å². The highest BCUT2D eigenvalue weighted by atomic mass is 16.4. The van der Waals surface area contributed by atoms with Gasteiger partial charge in [-0.1, -0.05) is 30.3 Å². The lowest BCUT2D eigenvalue weighted by Crippen LogP contribution is -2.48. The Bertz CT molecular complexity index is 377. The molecule has 0 heterocycles. The molecule has 4 nitrogen and oxygen atoms in total. The maximum absolute atomic E-state index is 10.6. The first-order valence-electron chi connectivity index (χ1n) is 6.18. The molecule has 0 aliphatic carbocycles. The molecule has 0 saturated carbocycles. The Kier molecular flexibility index (Phi) is 5.31. The molecular weight excluding hydrogens is 228 g/mol. The number of aryl methyl sites for hydroxylation is 1. The van der Waals surface area contributed by atoms with Gasteiger partial charge in [0.2, 0.25) is 0 Å². The number of nitrogens with two attached hydrogens (primary N) is 1. The molecule has 18 heavy (non-hydrogen) atoms. The number of hydrogen-bond donors (Lipinski definition) is 3. The first kappa shape index (κ1) is 14.7. The van der Waals surface area contributed by atoms with Crippen LogP contribution in [0.5, 0.6) is 0 Å². The van der Waals surface area contributed by atoms with Gasteiger partial charge in [0, 0.05) is 12.1 Å². The number of carboxylic acids is 1. The Morgan fingerprint density at radius 3 is 2.56 bits per heavy atom. The van der Waals surface area contributed by atoms with E-state index in [0.29, 0.717) is 0 Å². The third-order valence-corrected chi connectivity index (χ3v) is 3.00. The number of aliphatic carboxylic acids is 1. The fourth-order valence-electron chi connectivity index (χ4n) is 1.66. The lowest BCUT2D eigenvalue weighted by Gasteiger charge is -2.27. The summed E-state index contributed by atoms with van der Waals surface area (Å²) in [5, 5.41) is 11.9. The van der Waals surface area contributed by atoms with Gasteiger partial charge in [-0.25, -0.2) is 0 Å². The van der Waals surface area contributed by atoms with E-state index in [-0.39, 0.29) is 12.1 Å². The van der Waals surface area contributed by atoms with Crippen LogP contribution >= 0.6 is 0 Å². The largest absolute Gasteiger partial charge is 0.480 e. The average molecular weight is 250 g/mol. The number of rotatable bonds is 7. The van der Waals surface area contributed by atoms with E-state index in [1.807, 2.05) is 18.2 Å². The van der Waals surface area contributed by atoms with Crippen molar-refractivity contribution in [1.29, 1.82) is 0 Å². The van der Waals surface area contributed by atoms with Crippen molar-refractivity contribution in [2.24, 2.45) is 5.73 Å². The zero-order chi connectivity index (χ0) is 13.6. The predicted octanol–water partition coefficient (Wildman–Crippen LogP) is 1.40. The zero-order valence-electron chi connectivity index (χ0n) is 11.0. The molecule has 1 atom stereocenters. The number of carbonyl (C=O) groups is 1. The predicted molar refractivity (Wildman–Crippen MR) is 72.5 cm³/mol. The topological polar surface area (TPSA) is 75.3 Å². The van der Waals surface area contributed by atoms with Crippen LogP contribution in [-0.4, -0.2) is 29.2 Å². The average Bonchev–Trinajstić information content (AvgIpc) is 2.35. The molecule has 1 aromatic rings. The second-order valence-electron chi connectivity index (χ2n) is 5.20. The molecule has 0 aliphatic rings. The molecule has 0 aromatic heterocycles. The molecule has 1 aromatic carbocycles. The molecular formula is C14H22N2O2. The summed E-state index contributed by atoms with van der Waals surface area (Å²) in [6.07, 6.45) is 1.90. The Morgan fingerprint density at radius 2 is 2.00 bits per heavy atom. The fourth-order valence-corrected chi connectivity index (χ4v) is 1.66. The molecule has 0 saturated heterocycles. The van der Waals surface area contributed by atoms with Gasteiger partial charge < -0.3 is 16.2 Å².